The molecule has 0 unspecified atom stereocenters. The number of nitrogens with one attached hydrogen (secondary N) is 2. The van der Waals surface area contributed by atoms with Gasteiger partial charge in [-0.15, -0.1) is 0 Å². The molecule has 170 valence electrons. The van der Waals surface area contributed by atoms with Gasteiger partial charge in [0, 0.05) is 36.5 Å². The van der Waals surface area contributed by atoms with E-state index in [4.69, 9.17) is 11.6 Å². The Kier molecular flexibility index (Phi) is 6.41. The molecule has 0 radical (unpaired) electrons. The standard InChI is InChI=1S/C23H22ClN5O4/c1-2-29-23(33)17-9-5-4-8-16(17)20(27-29)22(32)26-25-21(31)15-11-19(30)28(13-15)12-14-7-3-6-10-18(14)24/h3-10,15H,2,11-13H2,1H3,(H,25,31)(H,26,32)/t15-/m0/s1. The van der Waals surface area contributed by atoms with Crippen molar-refractivity contribution < 1.29 is 14.4 Å². The number of benzene rings is 2. The van der Waals surface area contributed by atoms with Gasteiger partial charge in [0.15, 0.2) is 5.69 Å². The second-order valence-electron chi connectivity index (χ2n) is 7.73. The molecule has 1 aliphatic heterocycles. The average Bonchev–Trinajstić information content (AvgIpc) is 3.19. The van der Waals surface area contributed by atoms with Gasteiger partial charge in [-0.1, -0.05) is 48.0 Å². The molecule has 10 heteroatoms. The van der Waals surface area contributed by atoms with Crippen molar-refractivity contribution in [3.63, 3.8) is 0 Å². The maximum atomic E-state index is 12.8. The molecule has 1 aliphatic rings. The molecule has 33 heavy (non-hydrogen) atoms. The van der Waals surface area contributed by atoms with Gasteiger partial charge in [0.05, 0.1) is 11.3 Å². The third-order valence-electron chi connectivity index (χ3n) is 5.59. The zero-order chi connectivity index (χ0) is 23.5. The Morgan fingerprint density at radius 3 is 2.48 bits per heavy atom. The lowest BCUT2D eigenvalue weighted by atomic mass is 10.1. The molecule has 1 atom stereocenters. The van der Waals surface area contributed by atoms with Crippen molar-refractivity contribution in [2.75, 3.05) is 6.54 Å². The van der Waals surface area contributed by atoms with Crippen molar-refractivity contribution >= 4 is 40.1 Å². The molecule has 1 aromatic heterocycles. The Morgan fingerprint density at radius 2 is 1.76 bits per heavy atom. The van der Waals surface area contributed by atoms with E-state index in [1.54, 1.807) is 48.2 Å². The highest BCUT2D eigenvalue weighted by molar-refractivity contribution is 6.31. The molecule has 2 aromatic carbocycles. The van der Waals surface area contributed by atoms with Crippen molar-refractivity contribution in [2.45, 2.75) is 26.4 Å². The molecule has 1 saturated heterocycles. The van der Waals surface area contributed by atoms with Gasteiger partial charge < -0.3 is 4.90 Å². The van der Waals surface area contributed by atoms with Gasteiger partial charge in [0.25, 0.3) is 11.5 Å². The largest absolute Gasteiger partial charge is 0.337 e. The van der Waals surface area contributed by atoms with Crippen LogP contribution in [0.3, 0.4) is 0 Å². The fourth-order valence-electron chi connectivity index (χ4n) is 3.83. The minimum Gasteiger partial charge on any atom is -0.337 e. The number of hydrogen-bond donors (Lipinski definition) is 2. The van der Waals surface area contributed by atoms with Gasteiger partial charge in [-0.3, -0.25) is 30.0 Å². The molecule has 9 nitrogen and oxygen atoms in total. The molecule has 0 spiro atoms. The summed E-state index contributed by atoms with van der Waals surface area (Å²) in [5, 5.41) is 5.45. The van der Waals surface area contributed by atoms with Crippen LogP contribution in [0.15, 0.2) is 53.3 Å². The van der Waals surface area contributed by atoms with E-state index in [1.807, 2.05) is 12.1 Å². The normalized spacial score (nSPS) is 15.6. The summed E-state index contributed by atoms with van der Waals surface area (Å²) in [6.45, 7) is 2.57. The highest BCUT2D eigenvalue weighted by Crippen LogP contribution is 2.23. The van der Waals surface area contributed by atoms with Gasteiger partial charge >= 0.3 is 0 Å². The Balaban J connectivity index is 1.43. The van der Waals surface area contributed by atoms with E-state index in [9.17, 15) is 19.2 Å². The van der Waals surface area contributed by atoms with Crippen molar-refractivity contribution in [1.29, 1.82) is 0 Å². The molecule has 0 bridgehead atoms. The Bertz CT molecular complexity index is 1310. The first-order valence-electron chi connectivity index (χ1n) is 10.5. The van der Waals surface area contributed by atoms with Gasteiger partial charge in [-0.25, -0.2) is 4.68 Å². The number of fused-ring (bicyclic) bond motifs is 1. The lowest BCUT2D eigenvalue weighted by Gasteiger charge is -2.17. The van der Waals surface area contributed by atoms with Crippen molar-refractivity contribution in [1.82, 2.24) is 25.5 Å². The van der Waals surface area contributed by atoms with Gasteiger partial charge in [-0.05, 0) is 24.6 Å². The highest BCUT2D eigenvalue weighted by atomic mass is 35.5. The smallest absolute Gasteiger partial charge is 0.290 e. The topological polar surface area (TPSA) is 113 Å². The van der Waals surface area contributed by atoms with Gasteiger partial charge in [0.2, 0.25) is 11.8 Å². The van der Waals surface area contributed by atoms with E-state index >= 15 is 0 Å². The summed E-state index contributed by atoms with van der Waals surface area (Å²) in [6, 6.07) is 13.9. The van der Waals surface area contributed by atoms with E-state index in [2.05, 4.69) is 16.0 Å². The van der Waals surface area contributed by atoms with Crippen LogP contribution in [0.5, 0.6) is 0 Å². The van der Waals surface area contributed by atoms with Crippen LogP contribution in [0.4, 0.5) is 0 Å². The summed E-state index contributed by atoms with van der Waals surface area (Å²) in [5.74, 6) is -1.91. The van der Waals surface area contributed by atoms with Crippen LogP contribution in [-0.2, 0) is 22.7 Å². The summed E-state index contributed by atoms with van der Waals surface area (Å²) in [4.78, 5) is 51.8. The number of nitrogens with zero attached hydrogens (tertiary/aromatic N) is 3. The van der Waals surface area contributed by atoms with Crippen LogP contribution in [0.1, 0.15) is 29.4 Å². The van der Waals surface area contributed by atoms with Crippen molar-refractivity contribution in [2.24, 2.45) is 5.92 Å². The van der Waals surface area contributed by atoms with Gasteiger partial charge in [-0.2, -0.15) is 5.10 Å². The highest BCUT2D eigenvalue weighted by Gasteiger charge is 2.34. The summed E-state index contributed by atoms with van der Waals surface area (Å²) in [6.07, 6.45) is 0.0358. The van der Waals surface area contributed by atoms with E-state index in [-0.39, 0.29) is 30.1 Å². The lowest BCUT2D eigenvalue weighted by molar-refractivity contribution is -0.129. The van der Waals surface area contributed by atoms with Crippen molar-refractivity contribution in [3.8, 4) is 0 Å². The molecular formula is C23H22ClN5O4. The first kappa shape index (κ1) is 22.5. The lowest BCUT2D eigenvalue weighted by Crippen LogP contribution is -2.45. The number of likely N-dealkylation sites (tertiary alicyclic amines) is 1. The fraction of sp³-hybridized carbons (Fsp3) is 0.261. The first-order valence-corrected chi connectivity index (χ1v) is 10.9. The van der Waals surface area contributed by atoms with E-state index < -0.39 is 17.7 Å². The van der Waals surface area contributed by atoms with Crippen LogP contribution < -0.4 is 16.4 Å². The summed E-state index contributed by atoms with van der Waals surface area (Å²) in [5.41, 5.74) is 5.27. The fourth-order valence-corrected chi connectivity index (χ4v) is 4.03. The number of rotatable bonds is 5. The summed E-state index contributed by atoms with van der Waals surface area (Å²) in [7, 11) is 0. The Hall–Kier alpha value is -3.72. The minimum atomic E-state index is -0.654. The molecule has 3 amide bonds. The number of halogens is 1. The van der Waals surface area contributed by atoms with Crippen LogP contribution in [0.2, 0.25) is 5.02 Å². The number of carbonyl (C=O) groups is 3. The van der Waals surface area contributed by atoms with Crippen LogP contribution >= 0.6 is 11.6 Å². The molecular weight excluding hydrogens is 446 g/mol. The third-order valence-corrected chi connectivity index (χ3v) is 5.95. The number of amides is 3. The molecule has 1 fully saturated rings. The number of aryl methyl sites for hydroxylation is 1. The second-order valence-corrected chi connectivity index (χ2v) is 8.13. The van der Waals surface area contributed by atoms with Crippen LogP contribution in [0.25, 0.3) is 10.8 Å². The molecule has 4 rings (SSSR count). The summed E-state index contributed by atoms with van der Waals surface area (Å²) >= 11 is 6.17. The number of hydrogen-bond acceptors (Lipinski definition) is 5. The summed E-state index contributed by atoms with van der Waals surface area (Å²) < 4.78 is 1.20. The van der Waals surface area contributed by atoms with E-state index in [0.29, 0.717) is 28.9 Å². The number of aromatic nitrogens is 2. The maximum absolute atomic E-state index is 12.8. The second kappa shape index (κ2) is 9.41. The van der Waals surface area contributed by atoms with Crippen molar-refractivity contribution in [3.05, 3.63) is 75.2 Å². The molecule has 3 aromatic rings. The maximum Gasteiger partial charge on any atom is 0.290 e. The molecule has 2 heterocycles. The van der Waals surface area contributed by atoms with E-state index in [0.717, 1.165) is 5.56 Å². The zero-order valence-electron chi connectivity index (χ0n) is 17.9. The zero-order valence-corrected chi connectivity index (χ0v) is 18.6. The van der Waals surface area contributed by atoms with Crippen LogP contribution in [0, 0.1) is 5.92 Å². The quantitative estimate of drug-likeness (QED) is 0.556. The predicted octanol–water partition coefficient (Wildman–Crippen LogP) is 1.88. The average molecular weight is 468 g/mol. The first-order chi connectivity index (χ1) is 15.9. The monoisotopic (exact) mass is 467 g/mol. The molecule has 0 aliphatic carbocycles. The third kappa shape index (κ3) is 4.58. The Morgan fingerprint density at radius 1 is 1.06 bits per heavy atom. The number of carbonyl (C=O) groups excluding carboxylic acids is 3. The van der Waals surface area contributed by atoms with E-state index in [1.165, 1.54) is 4.68 Å². The predicted molar refractivity (Wildman–Crippen MR) is 122 cm³/mol. The number of hydrazine groups is 1. The Labute approximate surface area is 194 Å². The minimum absolute atomic E-state index is 0.0233. The molecule has 2 N–H and O–H groups in total. The molecule has 0 saturated carbocycles. The SMILES string of the molecule is CCn1nc(C(=O)NNC(=O)[C@H]2CC(=O)N(Cc3ccccc3Cl)C2)c2ccccc2c1=O. The van der Waals surface area contributed by atoms with Crippen LogP contribution in [-0.4, -0.2) is 38.9 Å². The van der Waals surface area contributed by atoms with Gasteiger partial charge in [0.1, 0.15) is 0 Å².